The number of pyridine rings is 3. The van der Waals surface area contributed by atoms with Crippen LogP contribution in [0.15, 0.2) is 67.1 Å². The fraction of sp³-hybridized carbons (Fsp3) is 0.172. The number of hydrogen-bond acceptors (Lipinski definition) is 7. The number of imidazole rings is 1. The average molecular weight is 517 g/mol. The van der Waals surface area contributed by atoms with E-state index in [1.54, 1.807) is 25.7 Å². The number of hydrogen-bond donors (Lipinski definition) is 3. The summed E-state index contributed by atoms with van der Waals surface area (Å²) in [5.74, 6) is 1.48. The Kier molecular flexibility index (Phi) is 5.50. The Labute approximate surface area is 222 Å². The highest BCUT2D eigenvalue weighted by Crippen LogP contribution is 2.32. The quantitative estimate of drug-likeness (QED) is 0.271. The molecule has 0 aliphatic heterocycles. The number of carbonyl (C=O) groups is 1. The van der Waals surface area contributed by atoms with Crippen LogP contribution in [0.4, 0.5) is 5.69 Å². The maximum Gasteiger partial charge on any atom is 0.227 e. The van der Waals surface area contributed by atoms with Gasteiger partial charge in [-0.2, -0.15) is 5.10 Å². The van der Waals surface area contributed by atoms with Gasteiger partial charge in [-0.3, -0.25) is 19.9 Å². The second kappa shape index (κ2) is 9.32. The predicted octanol–water partition coefficient (Wildman–Crippen LogP) is 5.37. The van der Waals surface area contributed by atoms with E-state index >= 15 is 0 Å². The molecule has 1 saturated carbocycles. The number of fused-ring (bicyclic) bond motifs is 2. The second-order valence-corrected chi connectivity index (χ2v) is 9.62. The van der Waals surface area contributed by atoms with Gasteiger partial charge in [0, 0.05) is 29.4 Å². The molecule has 192 valence electrons. The van der Waals surface area contributed by atoms with Gasteiger partial charge in [0.05, 0.1) is 41.4 Å². The molecule has 3 N–H and O–H groups in total. The molecule has 0 unspecified atom stereocenters. The van der Waals surface area contributed by atoms with Crippen molar-refractivity contribution in [3.8, 4) is 39.8 Å². The van der Waals surface area contributed by atoms with E-state index in [1.165, 1.54) is 0 Å². The number of benzene rings is 1. The fourth-order valence-electron chi connectivity index (χ4n) is 4.82. The molecular formula is C29H24N8O2. The van der Waals surface area contributed by atoms with Crippen LogP contribution in [-0.4, -0.2) is 48.1 Å². The number of ether oxygens (including phenoxy) is 1. The maximum absolute atomic E-state index is 12.4. The van der Waals surface area contributed by atoms with Crippen LogP contribution in [0.1, 0.15) is 19.3 Å². The van der Waals surface area contributed by atoms with E-state index in [-0.39, 0.29) is 11.8 Å². The Hall–Kier alpha value is -5.12. The molecule has 1 aromatic carbocycles. The minimum Gasteiger partial charge on any atom is -0.497 e. The Balaban J connectivity index is 1.26. The molecule has 6 aromatic rings. The highest BCUT2D eigenvalue weighted by molar-refractivity contribution is 5.96. The summed E-state index contributed by atoms with van der Waals surface area (Å²) < 4.78 is 5.39. The third kappa shape index (κ3) is 4.15. The summed E-state index contributed by atoms with van der Waals surface area (Å²) in [5, 5.41) is 10.6. The summed E-state index contributed by atoms with van der Waals surface area (Å²) in [5.41, 5.74) is 7.44. The van der Waals surface area contributed by atoms with Crippen LogP contribution in [0.25, 0.3) is 56.1 Å². The van der Waals surface area contributed by atoms with Crippen LogP contribution < -0.4 is 10.1 Å². The van der Waals surface area contributed by atoms with Crippen molar-refractivity contribution >= 4 is 33.7 Å². The van der Waals surface area contributed by atoms with Gasteiger partial charge in [-0.25, -0.2) is 9.97 Å². The summed E-state index contributed by atoms with van der Waals surface area (Å²) in [4.78, 5) is 34.5. The fourth-order valence-corrected chi connectivity index (χ4v) is 4.82. The lowest BCUT2D eigenvalue weighted by molar-refractivity contribution is -0.122. The highest BCUT2D eigenvalue weighted by atomic mass is 16.5. The van der Waals surface area contributed by atoms with Crippen molar-refractivity contribution in [2.24, 2.45) is 5.92 Å². The van der Waals surface area contributed by atoms with Gasteiger partial charge in [0.25, 0.3) is 0 Å². The van der Waals surface area contributed by atoms with Gasteiger partial charge in [0.2, 0.25) is 5.91 Å². The molecular weight excluding hydrogens is 492 g/mol. The molecule has 0 atom stereocenters. The van der Waals surface area contributed by atoms with Crippen molar-refractivity contribution in [3.05, 3.63) is 67.1 Å². The zero-order valence-corrected chi connectivity index (χ0v) is 21.1. The molecule has 1 aliphatic carbocycles. The number of amides is 1. The van der Waals surface area contributed by atoms with E-state index in [4.69, 9.17) is 14.7 Å². The molecule has 5 heterocycles. The lowest BCUT2D eigenvalue weighted by atomic mass is 9.85. The van der Waals surface area contributed by atoms with Gasteiger partial charge < -0.3 is 15.0 Å². The van der Waals surface area contributed by atoms with Crippen LogP contribution in [0.3, 0.4) is 0 Å². The lowest BCUT2D eigenvalue weighted by Crippen LogP contribution is -2.28. The molecule has 0 spiro atoms. The minimum absolute atomic E-state index is 0.0495. The standard InChI is InChI=1S/C29H24N8O2/c1-39-20-7-3-6-17(13-20)24-25-22(10-11-31-24)34-28(35-25)27-26-23(36-37-27)9-8-21(33-26)18-12-19(15-30-14-18)32-29(38)16-4-2-5-16/h3,6-16H,2,4-5H2,1H3,(H,32,38)(H,34,35)(H,36,37). The molecule has 1 fully saturated rings. The molecule has 1 amide bonds. The summed E-state index contributed by atoms with van der Waals surface area (Å²) in [7, 11) is 1.64. The van der Waals surface area contributed by atoms with E-state index in [1.807, 2.05) is 48.5 Å². The zero-order chi connectivity index (χ0) is 26.3. The third-order valence-electron chi connectivity index (χ3n) is 7.15. The third-order valence-corrected chi connectivity index (χ3v) is 7.15. The van der Waals surface area contributed by atoms with E-state index in [9.17, 15) is 4.79 Å². The smallest absolute Gasteiger partial charge is 0.227 e. The SMILES string of the molecule is COc1cccc(-c2nccc3[nH]c(-c4n[nH]c5ccc(-c6cncc(NC(=O)C7CCC7)c6)nc45)nc23)c1. The molecule has 0 radical (unpaired) electrons. The van der Waals surface area contributed by atoms with Crippen LogP contribution in [0, 0.1) is 5.92 Å². The van der Waals surface area contributed by atoms with Crippen molar-refractivity contribution in [2.75, 3.05) is 12.4 Å². The summed E-state index contributed by atoms with van der Waals surface area (Å²) in [6, 6.07) is 15.4. The Morgan fingerprint density at radius 3 is 2.72 bits per heavy atom. The number of rotatable bonds is 6. The summed E-state index contributed by atoms with van der Waals surface area (Å²) >= 11 is 0. The van der Waals surface area contributed by atoms with Crippen LogP contribution in [0.2, 0.25) is 0 Å². The first-order chi connectivity index (χ1) is 19.2. The Bertz CT molecular complexity index is 1850. The van der Waals surface area contributed by atoms with Gasteiger partial charge in [-0.1, -0.05) is 18.6 Å². The molecule has 39 heavy (non-hydrogen) atoms. The molecule has 10 heteroatoms. The van der Waals surface area contributed by atoms with Gasteiger partial charge in [0.15, 0.2) is 11.5 Å². The zero-order valence-electron chi connectivity index (χ0n) is 21.1. The van der Waals surface area contributed by atoms with Gasteiger partial charge in [0.1, 0.15) is 16.8 Å². The topological polar surface area (TPSA) is 134 Å². The van der Waals surface area contributed by atoms with Crippen molar-refractivity contribution in [1.29, 1.82) is 0 Å². The number of carbonyl (C=O) groups excluding carboxylic acids is 1. The maximum atomic E-state index is 12.4. The van der Waals surface area contributed by atoms with E-state index in [0.29, 0.717) is 28.4 Å². The Morgan fingerprint density at radius 1 is 0.974 bits per heavy atom. The van der Waals surface area contributed by atoms with Crippen molar-refractivity contribution in [3.63, 3.8) is 0 Å². The van der Waals surface area contributed by atoms with E-state index in [0.717, 1.165) is 58.4 Å². The molecule has 0 saturated heterocycles. The molecule has 5 aromatic heterocycles. The number of nitrogens with zero attached hydrogens (tertiary/aromatic N) is 5. The monoisotopic (exact) mass is 516 g/mol. The Morgan fingerprint density at radius 2 is 1.87 bits per heavy atom. The number of aromatic nitrogens is 7. The van der Waals surface area contributed by atoms with Crippen LogP contribution in [0.5, 0.6) is 5.75 Å². The van der Waals surface area contributed by atoms with Crippen LogP contribution >= 0.6 is 0 Å². The second-order valence-electron chi connectivity index (χ2n) is 9.62. The average Bonchev–Trinajstić information content (AvgIpc) is 3.56. The summed E-state index contributed by atoms with van der Waals surface area (Å²) in [6.07, 6.45) is 8.14. The molecule has 0 bridgehead atoms. The van der Waals surface area contributed by atoms with Crippen molar-refractivity contribution < 1.29 is 9.53 Å². The van der Waals surface area contributed by atoms with Gasteiger partial charge in [-0.05, 0) is 49.2 Å². The number of methoxy groups -OCH3 is 1. The molecule has 7 rings (SSSR count). The van der Waals surface area contributed by atoms with Gasteiger partial charge in [-0.15, -0.1) is 0 Å². The van der Waals surface area contributed by atoms with Crippen molar-refractivity contribution in [1.82, 2.24) is 35.1 Å². The predicted molar refractivity (Wildman–Crippen MR) is 148 cm³/mol. The van der Waals surface area contributed by atoms with Crippen molar-refractivity contribution in [2.45, 2.75) is 19.3 Å². The lowest BCUT2D eigenvalue weighted by Gasteiger charge is -2.24. The number of H-pyrrole nitrogens is 2. The largest absolute Gasteiger partial charge is 0.497 e. The molecule has 1 aliphatic rings. The minimum atomic E-state index is 0.0495. The highest BCUT2D eigenvalue weighted by Gasteiger charge is 2.25. The normalized spacial score (nSPS) is 13.5. The molecule has 10 nitrogen and oxygen atoms in total. The first kappa shape index (κ1) is 23.0. The number of nitrogens with one attached hydrogen (secondary N) is 3. The number of anilines is 1. The van der Waals surface area contributed by atoms with Crippen LogP contribution in [-0.2, 0) is 4.79 Å². The van der Waals surface area contributed by atoms with E-state index < -0.39 is 0 Å². The van der Waals surface area contributed by atoms with Gasteiger partial charge >= 0.3 is 0 Å². The first-order valence-corrected chi connectivity index (χ1v) is 12.8. The summed E-state index contributed by atoms with van der Waals surface area (Å²) in [6.45, 7) is 0. The van der Waals surface area contributed by atoms with E-state index in [2.05, 4.69) is 30.5 Å². The first-order valence-electron chi connectivity index (χ1n) is 12.8. The number of aromatic amines is 2.